The predicted molar refractivity (Wildman–Crippen MR) is 77.0 cm³/mol. The first-order chi connectivity index (χ1) is 8.86. The minimum atomic E-state index is 0.857. The van der Waals surface area contributed by atoms with Gasteiger partial charge in [0.15, 0.2) is 0 Å². The van der Waals surface area contributed by atoms with Crippen molar-refractivity contribution in [3.8, 4) is 10.4 Å². The highest BCUT2D eigenvalue weighted by Crippen LogP contribution is 2.30. The number of benzene rings is 1. The number of thiazole rings is 1. The molecule has 0 spiro atoms. The van der Waals surface area contributed by atoms with Crippen LogP contribution < -0.4 is 5.32 Å². The van der Waals surface area contributed by atoms with Gasteiger partial charge in [-0.1, -0.05) is 18.2 Å². The minimum absolute atomic E-state index is 0.857. The van der Waals surface area contributed by atoms with Gasteiger partial charge in [-0.15, -0.1) is 11.3 Å². The van der Waals surface area contributed by atoms with Gasteiger partial charge in [-0.05, 0) is 49.4 Å². The lowest BCUT2D eigenvalue weighted by molar-refractivity contribution is 0.686. The maximum Gasteiger partial charge on any atom is 0.107 e. The summed E-state index contributed by atoms with van der Waals surface area (Å²) in [6.07, 6.45) is 7.18. The van der Waals surface area contributed by atoms with Gasteiger partial charge in [-0.3, -0.25) is 0 Å². The van der Waals surface area contributed by atoms with Crippen molar-refractivity contribution in [3.05, 3.63) is 40.5 Å². The third-order valence-corrected chi connectivity index (χ3v) is 4.56. The zero-order valence-electron chi connectivity index (χ0n) is 10.7. The Hall–Kier alpha value is -1.19. The molecule has 0 saturated carbocycles. The van der Waals surface area contributed by atoms with E-state index >= 15 is 0 Å². The van der Waals surface area contributed by atoms with Crippen molar-refractivity contribution in [1.29, 1.82) is 0 Å². The van der Waals surface area contributed by atoms with Crippen molar-refractivity contribution in [2.45, 2.75) is 32.2 Å². The number of nitrogens with zero attached hydrogens (tertiary/aromatic N) is 1. The smallest absolute Gasteiger partial charge is 0.107 e. The maximum atomic E-state index is 4.45. The number of rotatable bonds is 3. The molecule has 1 heterocycles. The average molecular weight is 258 g/mol. The predicted octanol–water partition coefficient (Wildman–Crippen LogP) is 3.41. The van der Waals surface area contributed by atoms with Crippen LogP contribution in [0.4, 0.5) is 0 Å². The zero-order chi connectivity index (χ0) is 12.4. The molecule has 18 heavy (non-hydrogen) atoms. The normalized spacial score (nSPS) is 14.5. The summed E-state index contributed by atoms with van der Waals surface area (Å²) in [6, 6.07) is 6.92. The molecule has 0 fully saturated rings. The average Bonchev–Trinajstić information content (AvgIpc) is 2.87. The second-order valence-electron chi connectivity index (χ2n) is 4.84. The number of hydrogen-bond donors (Lipinski definition) is 1. The molecule has 3 rings (SSSR count). The van der Waals surface area contributed by atoms with Crippen molar-refractivity contribution >= 4 is 11.3 Å². The summed E-state index contributed by atoms with van der Waals surface area (Å²) in [5.74, 6) is 0. The van der Waals surface area contributed by atoms with Crippen LogP contribution in [-0.2, 0) is 19.4 Å². The Morgan fingerprint density at radius 2 is 2.06 bits per heavy atom. The standard InChI is InChI=1S/C15H18N2S/c1-16-10-15-17-9-14(18-15)13-7-6-11-4-2-3-5-12(11)8-13/h6-9,16H,2-5,10H2,1H3. The molecule has 0 saturated heterocycles. The van der Waals surface area contributed by atoms with Crippen LogP contribution >= 0.6 is 11.3 Å². The van der Waals surface area contributed by atoms with Gasteiger partial charge in [-0.2, -0.15) is 0 Å². The van der Waals surface area contributed by atoms with E-state index in [2.05, 4.69) is 28.5 Å². The summed E-state index contributed by atoms with van der Waals surface area (Å²) >= 11 is 1.79. The second kappa shape index (κ2) is 5.21. The molecule has 3 heteroatoms. The Balaban J connectivity index is 1.91. The highest BCUT2D eigenvalue weighted by molar-refractivity contribution is 7.15. The monoisotopic (exact) mass is 258 g/mol. The van der Waals surface area contributed by atoms with E-state index in [9.17, 15) is 0 Å². The van der Waals surface area contributed by atoms with Crippen molar-refractivity contribution in [3.63, 3.8) is 0 Å². The first-order valence-electron chi connectivity index (χ1n) is 6.58. The second-order valence-corrected chi connectivity index (χ2v) is 5.95. The molecule has 1 N–H and O–H groups in total. The Morgan fingerprint density at radius 3 is 2.89 bits per heavy atom. The SMILES string of the molecule is CNCc1ncc(-c2ccc3c(c2)CCCC3)s1. The summed E-state index contributed by atoms with van der Waals surface area (Å²) < 4.78 is 0. The van der Waals surface area contributed by atoms with E-state index in [0.717, 1.165) is 11.6 Å². The molecular formula is C15H18N2S. The quantitative estimate of drug-likeness (QED) is 0.912. The Labute approximate surface area is 112 Å². The number of nitrogens with one attached hydrogen (secondary N) is 1. The van der Waals surface area contributed by atoms with Crippen LogP contribution in [0, 0.1) is 0 Å². The van der Waals surface area contributed by atoms with E-state index in [1.54, 1.807) is 22.5 Å². The van der Waals surface area contributed by atoms with E-state index in [1.807, 2.05) is 13.2 Å². The van der Waals surface area contributed by atoms with Crippen LogP contribution in [-0.4, -0.2) is 12.0 Å². The van der Waals surface area contributed by atoms with E-state index < -0.39 is 0 Å². The molecular weight excluding hydrogens is 240 g/mol. The van der Waals surface area contributed by atoms with Gasteiger partial charge >= 0.3 is 0 Å². The fourth-order valence-corrected chi connectivity index (χ4v) is 3.49. The van der Waals surface area contributed by atoms with Gasteiger partial charge in [0.05, 0.1) is 4.88 Å². The van der Waals surface area contributed by atoms with Crippen LogP contribution in [0.3, 0.4) is 0 Å². The van der Waals surface area contributed by atoms with E-state index in [-0.39, 0.29) is 0 Å². The molecule has 1 aromatic heterocycles. The molecule has 0 radical (unpaired) electrons. The lowest BCUT2D eigenvalue weighted by atomic mass is 9.90. The minimum Gasteiger partial charge on any atom is -0.314 e. The van der Waals surface area contributed by atoms with Crippen LogP contribution in [0.5, 0.6) is 0 Å². The van der Waals surface area contributed by atoms with Gasteiger partial charge in [0.1, 0.15) is 5.01 Å². The highest BCUT2D eigenvalue weighted by atomic mass is 32.1. The largest absolute Gasteiger partial charge is 0.314 e. The summed E-state index contributed by atoms with van der Waals surface area (Å²) in [5.41, 5.74) is 4.42. The van der Waals surface area contributed by atoms with Crippen molar-refractivity contribution in [1.82, 2.24) is 10.3 Å². The van der Waals surface area contributed by atoms with E-state index in [0.29, 0.717) is 0 Å². The van der Waals surface area contributed by atoms with Crippen LogP contribution in [0.25, 0.3) is 10.4 Å². The molecule has 0 atom stereocenters. The van der Waals surface area contributed by atoms with E-state index in [1.165, 1.54) is 36.1 Å². The van der Waals surface area contributed by atoms with Crippen LogP contribution in [0.2, 0.25) is 0 Å². The van der Waals surface area contributed by atoms with Crippen molar-refractivity contribution < 1.29 is 0 Å². The summed E-state index contributed by atoms with van der Waals surface area (Å²) in [6.45, 7) is 0.857. The summed E-state index contributed by atoms with van der Waals surface area (Å²) in [7, 11) is 1.96. The number of fused-ring (bicyclic) bond motifs is 1. The fraction of sp³-hybridized carbons (Fsp3) is 0.400. The third kappa shape index (κ3) is 2.33. The van der Waals surface area contributed by atoms with Crippen molar-refractivity contribution in [2.75, 3.05) is 7.05 Å². The fourth-order valence-electron chi connectivity index (χ4n) is 2.56. The lowest BCUT2D eigenvalue weighted by Crippen LogP contribution is -2.03. The molecule has 0 bridgehead atoms. The molecule has 0 amide bonds. The first-order valence-corrected chi connectivity index (χ1v) is 7.40. The number of aryl methyl sites for hydroxylation is 2. The van der Waals surface area contributed by atoms with Crippen molar-refractivity contribution in [2.24, 2.45) is 0 Å². The third-order valence-electron chi connectivity index (χ3n) is 3.51. The first kappa shape index (κ1) is 11.9. The van der Waals surface area contributed by atoms with Gasteiger partial charge in [-0.25, -0.2) is 4.98 Å². The number of hydrogen-bond acceptors (Lipinski definition) is 3. The lowest BCUT2D eigenvalue weighted by Gasteiger charge is -2.16. The molecule has 1 aliphatic carbocycles. The Kier molecular flexibility index (Phi) is 3.43. The number of aromatic nitrogens is 1. The summed E-state index contributed by atoms with van der Waals surface area (Å²) in [5, 5.41) is 4.30. The molecule has 1 aliphatic rings. The molecule has 2 aromatic rings. The Morgan fingerprint density at radius 1 is 1.22 bits per heavy atom. The zero-order valence-corrected chi connectivity index (χ0v) is 11.5. The molecule has 0 aliphatic heterocycles. The van der Waals surface area contributed by atoms with Gasteiger partial charge in [0, 0.05) is 12.7 Å². The van der Waals surface area contributed by atoms with Gasteiger partial charge in [0.25, 0.3) is 0 Å². The van der Waals surface area contributed by atoms with Crippen LogP contribution in [0.1, 0.15) is 29.0 Å². The highest BCUT2D eigenvalue weighted by Gasteiger charge is 2.11. The molecule has 2 nitrogen and oxygen atoms in total. The van der Waals surface area contributed by atoms with Gasteiger partial charge in [0.2, 0.25) is 0 Å². The Bertz CT molecular complexity index is 545. The van der Waals surface area contributed by atoms with E-state index in [4.69, 9.17) is 0 Å². The molecule has 94 valence electrons. The topological polar surface area (TPSA) is 24.9 Å². The maximum absolute atomic E-state index is 4.45. The molecule has 1 aromatic carbocycles. The van der Waals surface area contributed by atoms with Crippen LogP contribution in [0.15, 0.2) is 24.4 Å². The van der Waals surface area contributed by atoms with Gasteiger partial charge < -0.3 is 5.32 Å². The molecule has 0 unspecified atom stereocenters. The summed E-state index contributed by atoms with van der Waals surface area (Å²) in [4.78, 5) is 5.74.